The largest absolute Gasteiger partial charge is 0.472 e. The van der Waals surface area contributed by atoms with E-state index in [2.05, 4.69) is 36.2 Å². The Kier molecular flexibility index (Phi) is 3.00. The van der Waals surface area contributed by atoms with Gasteiger partial charge in [0.05, 0.1) is 12.5 Å². The Balaban J connectivity index is 1.68. The maximum Gasteiger partial charge on any atom is 0.0980 e. The SMILES string of the molecule is CN1CC[C@]23CCCC[C@H]2[C@H]1Cc1ccc(-c2ccoc2)cc13. The highest BCUT2D eigenvalue weighted by Crippen LogP contribution is 2.55. The first-order valence-corrected chi connectivity index (χ1v) is 9.14. The highest BCUT2D eigenvalue weighted by atomic mass is 16.3. The van der Waals surface area contributed by atoms with E-state index in [1.807, 2.05) is 6.26 Å². The van der Waals surface area contributed by atoms with E-state index in [9.17, 15) is 0 Å². The van der Waals surface area contributed by atoms with Crippen molar-refractivity contribution in [2.24, 2.45) is 5.92 Å². The van der Waals surface area contributed by atoms with Crippen LogP contribution in [0.25, 0.3) is 11.1 Å². The second kappa shape index (κ2) is 4.98. The number of likely N-dealkylation sites (tertiary alicyclic amines) is 1. The third-order valence-corrected chi connectivity index (χ3v) is 6.97. The quantitative estimate of drug-likeness (QED) is 0.763. The number of furan rings is 1. The van der Waals surface area contributed by atoms with Crippen molar-refractivity contribution in [1.29, 1.82) is 0 Å². The summed E-state index contributed by atoms with van der Waals surface area (Å²) in [7, 11) is 2.34. The van der Waals surface area contributed by atoms with Gasteiger partial charge < -0.3 is 9.32 Å². The third kappa shape index (κ3) is 1.91. The third-order valence-electron chi connectivity index (χ3n) is 6.97. The van der Waals surface area contributed by atoms with Crippen LogP contribution in [0.2, 0.25) is 0 Å². The molecule has 1 saturated carbocycles. The second-order valence-corrected chi connectivity index (χ2v) is 7.89. The maximum atomic E-state index is 5.31. The highest BCUT2D eigenvalue weighted by molar-refractivity contribution is 5.65. The zero-order chi connectivity index (χ0) is 15.4. The molecule has 1 saturated heterocycles. The van der Waals surface area contributed by atoms with Crippen LogP contribution < -0.4 is 0 Å². The van der Waals surface area contributed by atoms with Crippen molar-refractivity contribution in [2.75, 3.05) is 13.6 Å². The van der Waals surface area contributed by atoms with Gasteiger partial charge in [0.25, 0.3) is 0 Å². The van der Waals surface area contributed by atoms with Crippen molar-refractivity contribution < 1.29 is 4.42 Å². The van der Waals surface area contributed by atoms with E-state index in [1.165, 1.54) is 56.2 Å². The number of rotatable bonds is 1. The first kappa shape index (κ1) is 13.9. The number of benzene rings is 1. The number of hydrogen-bond acceptors (Lipinski definition) is 2. The smallest absolute Gasteiger partial charge is 0.0980 e. The molecule has 23 heavy (non-hydrogen) atoms. The van der Waals surface area contributed by atoms with Gasteiger partial charge in [0.1, 0.15) is 0 Å². The van der Waals surface area contributed by atoms with Crippen molar-refractivity contribution in [1.82, 2.24) is 4.90 Å². The highest BCUT2D eigenvalue weighted by Gasteiger charge is 2.52. The molecule has 2 fully saturated rings. The summed E-state index contributed by atoms with van der Waals surface area (Å²) in [6.07, 6.45) is 11.9. The molecule has 0 radical (unpaired) electrons. The average molecular weight is 307 g/mol. The molecule has 0 spiro atoms. The Morgan fingerprint density at radius 3 is 2.96 bits per heavy atom. The summed E-state index contributed by atoms with van der Waals surface area (Å²) in [6, 6.07) is 10.0. The van der Waals surface area contributed by atoms with Crippen molar-refractivity contribution in [3.05, 3.63) is 47.9 Å². The minimum absolute atomic E-state index is 0.447. The zero-order valence-corrected chi connectivity index (χ0v) is 13.9. The predicted octanol–water partition coefficient (Wildman–Crippen LogP) is 4.63. The summed E-state index contributed by atoms with van der Waals surface area (Å²) in [6.45, 7) is 1.26. The average Bonchev–Trinajstić information content (AvgIpc) is 3.12. The van der Waals surface area contributed by atoms with Gasteiger partial charge in [0.2, 0.25) is 0 Å². The molecule has 2 nitrogen and oxygen atoms in total. The van der Waals surface area contributed by atoms with Crippen molar-refractivity contribution in [3.63, 3.8) is 0 Å². The maximum absolute atomic E-state index is 5.31. The number of likely N-dealkylation sites (N-methyl/N-ethyl adjacent to an activating group) is 1. The molecule has 1 aromatic carbocycles. The van der Waals surface area contributed by atoms with Gasteiger partial charge >= 0.3 is 0 Å². The van der Waals surface area contributed by atoms with Crippen LogP contribution in [0.4, 0.5) is 0 Å². The Hall–Kier alpha value is -1.54. The summed E-state index contributed by atoms with van der Waals surface area (Å²) >= 11 is 0. The van der Waals surface area contributed by atoms with Crippen LogP contribution in [0, 0.1) is 5.92 Å². The predicted molar refractivity (Wildman–Crippen MR) is 92.5 cm³/mol. The molecule has 0 amide bonds. The van der Waals surface area contributed by atoms with Crippen LogP contribution in [0.3, 0.4) is 0 Å². The van der Waals surface area contributed by atoms with E-state index in [0.29, 0.717) is 5.41 Å². The fourth-order valence-electron chi connectivity index (χ4n) is 5.81. The lowest BCUT2D eigenvalue weighted by Gasteiger charge is -2.58. The fourth-order valence-corrected chi connectivity index (χ4v) is 5.81. The van der Waals surface area contributed by atoms with Gasteiger partial charge in [0.15, 0.2) is 0 Å². The molecule has 5 rings (SSSR count). The van der Waals surface area contributed by atoms with Crippen molar-refractivity contribution in [3.8, 4) is 11.1 Å². The van der Waals surface area contributed by atoms with Crippen molar-refractivity contribution in [2.45, 2.75) is 50.0 Å². The van der Waals surface area contributed by atoms with E-state index < -0.39 is 0 Å². The van der Waals surface area contributed by atoms with Gasteiger partial charge in [-0.15, -0.1) is 0 Å². The first-order chi connectivity index (χ1) is 11.3. The zero-order valence-electron chi connectivity index (χ0n) is 13.9. The van der Waals surface area contributed by atoms with E-state index in [0.717, 1.165) is 12.0 Å². The Morgan fingerprint density at radius 1 is 1.13 bits per heavy atom. The van der Waals surface area contributed by atoms with E-state index >= 15 is 0 Å². The second-order valence-electron chi connectivity index (χ2n) is 7.89. The normalized spacial score (nSPS) is 33.1. The molecule has 0 N–H and O–H groups in total. The number of hydrogen-bond donors (Lipinski definition) is 0. The molecule has 2 aliphatic carbocycles. The van der Waals surface area contributed by atoms with Gasteiger partial charge in [-0.2, -0.15) is 0 Å². The summed E-state index contributed by atoms with van der Waals surface area (Å²) in [4.78, 5) is 2.64. The monoisotopic (exact) mass is 307 g/mol. The van der Waals surface area contributed by atoms with Gasteiger partial charge in [0, 0.05) is 17.0 Å². The molecule has 3 aliphatic rings. The molecule has 2 aromatic rings. The molecular weight excluding hydrogens is 282 g/mol. The molecule has 1 aliphatic heterocycles. The minimum atomic E-state index is 0.447. The van der Waals surface area contributed by atoms with Crippen LogP contribution >= 0.6 is 0 Å². The van der Waals surface area contributed by atoms with Crippen molar-refractivity contribution >= 4 is 0 Å². The van der Waals surface area contributed by atoms with Crippen LogP contribution in [0.5, 0.6) is 0 Å². The lowest BCUT2D eigenvalue weighted by Crippen LogP contribution is -2.59. The topological polar surface area (TPSA) is 16.4 Å². The standard InChI is InChI=1S/C21H25NO/c1-22-10-9-21-8-3-2-4-18(21)20(22)13-16-6-5-15(12-19(16)21)17-7-11-23-14-17/h5-7,11-12,14,18,20H,2-4,8-10,13H2,1H3/t18-,20+,21+/m0/s1. The van der Waals surface area contributed by atoms with Gasteiger partial charge in [-0.25, -0.2) is 0 Å². The number of nitrogens with zero attached hydrogens (tertiary/aromatic N) is 1. The Morgan fingerprint density at radius 2 is 2.09 bits per heavy atom. The Labute approximate surface area is 138 Å². The molecule has 120 valence electrons. The van der Waals surface area contributed by atoms with Gasteiger partial charge in [-0.1, -0.05) is 31.0 Å². The van der Waals surface area contributed by atoms with Crippen LogP contribution in [-0.4, -0.2) is 24.5 Å². The number of piperidine rings is 1. The molecule has 2 bridgehead atoms. The van der Waals surface area contributed by atoms with E-state index in [4.69, 9.17) is 4.42 Å². The molecule has 2 heterocycles. The van der Waals surface area contributed by atoms with Gasteiger partial charge in [-0.3, -0.25) is 0 Å². The molecule has 3 atom stereocenters. The van der Waals surface area contributed by atoms with Gasteiger partial charge in [-0.05, 0) is 68.0 Å². The first-order valence-electron chi connectivity index (χ1n) is 9.14. The Bertz CT molecular complexity index is 719. The minimum Gasteiger partial charge on any atom is -0.472 e. The van der Waals surface area contributed by atoms with E-state index in [-0.39, 0.29) is 0 Å². The van der Waals surface area contributed by atoms with E-state index in [1.54, 1.807) is 17.4 Å². The molecule has 0 unspecified atom stereocenters. The number of fused-ring (bicyclic) bond motifs is 1. The summed E-state index contributed by atoms with van der Waals surface area (Å²) in [5, 5.41) is 0. The lowest BCUT2D eigenvalue weighted by molar-refractivity contribution is 0.00290. The van der Waals surface area contributed by atoms with Crippen LogP contribution in [-0.2, 0) is 11.8 Å². The molecule has 2 heteroatoms. The lowest BCUT2D eigenvalue weighted by atomic mass is 9.52. The van der Waals surface area contributed by atoms with Crippen LogP contribution in [0.1, 0.15) is 43.2 Å². The molecular formula is C21H25NO. The fraction of sp³-hybridized carbons (Fsp3) is 0.524. The molecule has 1 aromatic heterocycles. The summed E-state index contributed by atoms with van der Waals surface area (Å²) in [5.41, 5.74) is 6.26. The summed E-state index contributed by atoms with van der Waals surface area (Å²) < 4.78 is 5.31. The summed E-state index contributed by atoms with van der Waals surface area (Å²) in [5.74, 6) is 0.863. The van der Waals surface area contributed by atoms with Crippen LogP contribution in [0.15, 0.2) is 41.2 Å².